The quantitative estimate of drug-likeness (QED) is 0.462. The summed E-state index contributed by atoms with van der Waals surface area (Å²) in [5.74, 6) is 1.23. The lowest BCUT2D eigenvalue weighted by Crippen LogP contribution is -2.59. The van der Waals surface area contributed by atoms with E-state index in [1.165, 1.54) is 0 Å². The van der Waals surface area contributed by atoms with Gasteiger partial charge in [-0.15, -0.1) is 0 Å². The van der Waals surface area contributed by atoms with Crippen molar-refractivity contribution >= 4 is 23.1 Å². The molecule has 3 aliphatic rings. The summed E-state index contributed by atoms with van der Waals surface area (Å²) in [6.45, 7) is 6.43. The molecule has 4 heterocycles. The molecule has 3 atom stereocenters. The van der Waals surface area contributed by atoms with Gasteiger partial charge in [-0.3, -0.25) is 14.5 Å². The second kappa shape index (κ2) is 11.2. The molecule has 0 bridgehead atoms. The van der Waals surface area contributed by atoms with Gasteiger partial charge in [-0.25, -0.2) is 14.5 Å². The van der Waals surface area contributed by atoms with Crippen molar-refractivity contribution in [2.75, 3.05) is 25.0 Å². The number of fused-ring (bicyclic) bond motifs is 1. The van der Waals surface area contributed by atoms with Crippen molar-refractivity contribution in [1.82, 2.24) is 29.4 Å². The van der Waals surface area contributed by atoms with Crippen LogP contribution in [-0.2, 0) is 20.9 Å². The predicted molar refractivity (Wildman–Crippen MR) is 148 cm³/mol. The Balaban J connectivity index is 1.02. The van der Waals surface area contributed by atoms with Crippen LogP contribution in [0.5, 0.6) is 0 Å². The van der Waals surface area contributed by atoms with E-state index in [0.717, 1.165) is 68.4 Å². The Labute approximate surface area is 233 Å². The van der Waals surface area contributed by atoms with Crippen LogP contribution < -0.4 is 5.32 Å². The third kappa shape index (κ3) is 5.59. The number of piperazine rings is 1. The van der Waals surface area contributed by atoms with Gasteiger partial charge in [-0.1, -0.05) is 0 Å². The molecule has 3 fully saturated rings. The number of anilines is 1. The number of carbonyl (C=O) groups is 2. The van der Waals surface area contributed by atoms with E-state index in [1.807, 2.05) is 29.3 Å². The zero-order chi connectivity index (χ0) is 27.8. The Kier molecular flexibility index (Phi) is 7.52. The molecule has 6 rings (SSSR count). The molecule has 0 spiro atoms. The van der Waals surface area contributed by atoms with Crippen LogP contribution in [0.25, 0.3) is 16.6 Å². The number of aliphatic hydroxyl groups is 1. The van der Waals surface area contributed by atoms with Gasteiger partial charge in [-0.05, 0) is 56.7 Å². The predicted octanol–water partition coefficient (Wildman–Crippen LogP) is 2.49. The van der Waals surface area contributed by atoms with Gasteiger partial charge in [0.2, 0.25) is 11.8 Å². The highest BCUT2D eigenvalue weighted by Crippen LogP contribution is 2.35. The maximum absolute atomic E-state index is 12.9. The van der Waals surface area contributed by atoms with Crippen LogP contribution in [-0.4, -0.2) is 90.2 Å². The molecule has 2 saturated carbocycles. The highest BCUT2D eigenvalue weighted by atomic mass is 16.5. The number of nitrogens with one attached hydrogen (secondary N) is 1. The van der Waals surface area contributed by atoms with Gasteiger partial charge in [0.1, 0.15) is 6.61 Å². The maximum atomic E-state index is 12.9. The van der Waals surface area contributed by atoms with Crippen molar-refractivity contribution in [3.63, 3.8) is 0 Å². The van der Waals surface area contributed by atoms with E-state index in [-0.39, 0.29) is 30.4 Å². The normalized spacial score (nSPS) is 27.1. The molecular weight excluding hydrogens is 510 g/mol. The molecule has 11 nitrogen and oxygen atoms in total. The maximum Gasteiger partial charge on any atom is 0.228 e. The highest BCUT2D eigenvalue weighted by Gasteiger charge is 2.41. The van der Waals surface area contributed by atoms with Crippen LogP contribution in [0.4, 0.5) is 5.82 Å². The Bertz CT molecular complexity index is 1370. The lowest BCUT2D eigenvalue weighted by molar-refractivity contribution is -0.133. The number of hydrogen-bond acceptors (Lipinski definition) is 8. The minimum Gasteiger partial charge on any atom is -0.390 e. The molecule has 0 unspecified atom stereocenters. The smallest absolute Gasteiger partial charge is 0.228 e. The summed E-state index contributed by atoms with van der Waals surface area (Å²) in [6.07, 6.45) is 9.18. The number of carbonyl (C=O) groups excluding carboxylic acids is 2. The summed E-state index contributed by atoms with van der Waals surface area (Å²) in [5.41, 5.74) is 2.68. The number of aliphatic hydroxyl groups excluding tert-OH is 1. The molecule has 1 saturated heterocycles. The SMILES string of the molecule is CC(=O)N1CCN([C@H]2C[C@@H](C(=O)Nc3cc4cc(-c5cnc(CO[C@H]6CCC[C@@H]6O)nc5)ccn4n3)C2)[C@@H](C)C1. The van der Waals surface area contributed by atoms with Crippen molar-refractivity contribution in [3.05, 3.63) is 42.6 Å². The number of rotatable bonds is 7. The third-order valence-corrected chi connectivity index (χ3v) is 8.67. The topological polar surface area (TPSA) is 125 Å². The minimum atomic E-state index is -0.397. The molecule has 40 heavy (non-hydrogen) atoms. The Morgan fingerprint density at radius 1 is 1.12 bits per heavy atom. The molecule has 2 amide bonds. The average molecular weight is 548 g/mol. The number of hydrogen-bond donors (Lipinski definition) is 2. The van der Waals surface area contributed by atoms with Crippen molar-refractivity contribution in [3.8, 4) is 11.1 Å². The number of amides is 2. The van der Waals surface area contributed by atoms with Crippen molar-refractivity contribution < 1.29 is 19.4 Å². The van der Waals surface area contributed by atoms with Gasteiger partial charge in [0.15, 0.2) is 11.6 Å². The Hall–Kier alpha value is -3.41. The van der Waals surface area contributed by atoms with E-state index >= 15 is 0 Å². The minimum absolute atomic E-state index is 0.00577. The molecular formula is C29H37N7O4. The summed E-state index contributed by atoms with van der Waals surface area (Å²) in [4.78, 5) is 37.8. The average Bonchev–Trinajstić information content (AvgIpc) is 3.52. The molecule has 3 aromatic rings. The summed E-state index contributed by atoms with van der Waals surface area (Å²) >= 11 is 0. The Morgan fingerprint density at radius 3 is 2.62 bits per heavy atom. The van der Waals surface area contributed by atoms with Gasteiger partial charge >= 0.3 is 0 Å². The lowest BCUT2D eigenvalue weighted by atomic mass is 9.78. The molecule has 212 valence electrons. The van der Waals surface area contributed by atoms with Gasteiger partial charge in [-0.2, -0.15) is 5.10 Å². The van der Waals surface area contributed by atoms with Gasteiger partial charge < -0.3 is 20.1 Å². The van der Waals surface area contributed by atoms with E-state index in [1.54, 1.807) is 23.8 Å². The third-order valence-electron chi connectivity index (χ3n) is 8.67. The van der Waals surface area contributed by atoms with Crippen LogP contribution in [0, 0.1) is 5.92 Å². The fraction of sp³-hybridized carbons (Fsp3) is 0.552. The second-order valence-electron chi connectivity index (χ2n) is 11.4. The van der Waals surface area contributed by atoms with E-state index in [0.29, 0.717) is 23.7 Å². The largest absolute Gasteiger partial charge is 0.390 e. The van der Waals surface area contributed by atoms with Gasteiger partial charge in [0, 0.05) is 74.8 Å². The van der Waals surface area contributed by atoms with E-state index in [9.17, 15) is 14.7 Å². The van der Waals surface area contributed by atoms with Gasteiger partial charge in [0.25, 0.3) is 0 Å². The number of aromatic nitrogens is 4. The lowest BCUT2D eigenvalue weighted by Gasteiger charge is -2.49. The van der Waals surface area contributed by atoms with Crippen LogP contribution in [0.15, 0.2) is 36.8 Å². The second-order valence-corrected chi connectivity index (χ2v) is 11.4. The zero-order valence-corrected chi connectivity index (χ0v) is 23.1. The molecule has 3 aromatic heterocycles. The first-order valence-electron chi connectivity index (χ1n) is 14.3. The summed E-state index contributed by atoms with van der Waals surface area (Å²) in [7, 11) is 0. The first-order chi connectivity index (χ1) is 19.3. The number of pyridine rings is 1. The highest BCUT2D eigenvalue weighted by molar-refractivity contribution is 5.93. The van der Waals surface area contributed by atoms with Crippen LogP contribution in [0.3, 0.4) is 0 Å². The fourth-order valence-corrected chi connectivity index (χ4v) is 6.20. The zero-order valence-electron chi connectivity index (χ0n) is 23.1. The molecule has 0 aromatic carbocycles. The standard InChI is InChI=1S/C29H37N7O4/c1-18-16-34(19(2)37)8-9-35(18)23-11-21(12-23)29(39)32-27-13-24-10-20(6-7-36(24)33-27)22-14-30-28(31-15-22)17-40-26-5-3-4-25(26)38/h6-7,10,13-15,18,21,23,25-26,38H,3-5,8-9,11-12,16-17H2,1-2H3,(H,32,33,39)/t18-,21-,23+,25-,26-/m0/s1. The van der Waals surface area contributed by atoms with Crippen LogP contribution in [0.2, 0.25) is 0 Å². The first-order valence-corrected chi connectivity index (χ1v) is 14.3. The van der Waals surface area contributed by atoms with Crippen LogP contribution in [0.1, 0.15) is 51.8 Å². The van der Waals surface area contributed by atoms with Crippen molar-refractivity contribution in [2.24, 2.45) is 5.92 Å². The summed E-state index contributed by atoms with van der Waals surface area (Å²) in [6, 6.07) is 6.50. The molecule has 0 radical (unpaired) electrons. The van der Waals surface area contributed by atoms with Crippen molar-refractivity contribution in [1.29, 1.82) is 0 Å². The Morgan fingerprint density at radius 2 is 1.93 bits per heavy atom. The monoisotopic (exact) mass is 547 g/mol. The molecule has 2 aliphatic carbocycles. The summed E-state index contributed by atoms with van der Waals surface area (Å²) < 4.78 is 7.53. The first kappa shape index (κ1) is 26.8. The van der Waals surface area contributed by atoms with Crippen molar-refractivity contribution in [2.45, 2.75) is 76.9 Å². The van der Waals surface area contributed by atoms with E-state index < -0.39 is 6.10 Å². The van der Waals surface area contributed by atoms with Crippen LogP contribution >= 0.6 is 0 Å². The van der Waals surface area contributed by atoms with Gasteiger partial charge in [0.05, 0.1) is 17.7 Å². The van der Waals surface area contributed by atoms with E-state index in [4.69, 9.17) is 4.74 Å². The van der Waals surface area contributed by atoms with E-state index in [2.05, 4.69) is 32.2 Å². The molecule has 1 aliphatic heterocycles. The number of nitrogens with zero attached hydrogens (tertiary/aromatic N) is 6. The fourth-order valence-electron chi connectivity index (χ4n) is 6.20. The molecule has 2 N–H and O–H groups in total. The number of ether oxygens (including phenoxy) is 1. The summed E-state index contributed by atoms with van der Waals surface area (Å²) in [5, 5.41) is 17.4. The molecule has 11 heteroatoms.